The summed E-state index contributed by atoms with van der Waals surface area (Å²) >= 11 is 0. The zero-order chi connectivity index (χ0) is 11.1. The minimum atomic E-state index is 0.0436. The molecule has 1 unspecified atom stereocenters. The molecule has 0 N–H and O–H groups in total. The molecular weight excluding hydrogens is 186 g/mol. The van der Waals surface area contributed by atoms with E-state index in [1.807, 2.05) is 11.9 Å². The largest absolute Gasteiger partial charge is 0.342 e. The lowest BCUT2D eigenvalue weighted by molar-refractivity contribution is -0.137. The highest BCUT2D eigenvalue weighted by molar-refractivity contribution is 5.85. The molecule has 1 atom stereocenters. The quantitative estimate of drug-likeness (QED) is 0.650. The Morgan fingerprint density at radius 3 is 2.33 bits per heavy atom. The number of likely N-dealkylation sites (tertiary alicyclic amines) is 1. The fourth-order valence-corrected chi connectivity index (χ4v) is 3.48. The predicted molar refractivity (Wildman–Crippen MR) is 61.5 cm³/mol. The smallest absolute Gasteiger partial charge is 0.228 e. The van der Waals surface area contributed by atoms with E-state index in [2.05, 4.69) is 13.8 Å². The Hall–Kier alpha value is -0.530. The molecule has 2 heteroatoms. The monoisotopic (exact) mass is 209 g/mol. The van der Waals surface area contributed by atoms with E-state index < -0.39 is 0 Å². The third-order valence-electron chi connectivity index (χ3n) is 4.45. The minimum Gasteiger partial charge on any atom is -0.342 e. The molecule has 0 radical (unpaired) electrons. The minimum absolute atomic E-state index is 0.0436. The number of hydrogen-bond acceptors (Lipinski definition) is 1. The van der Waals surface area contributed by atoms with Crippen LogP contribution in [0.25, 0.3) is 0 Å². The molecule has 1 saturated carbocycles. The Morgan fingerprint density at radius 1 is 1.27 bits per heavy atom. The highest BCUT2D eigenvalue weighted by atomic mass is 16.2. The first-order valence-electron chi connectivity index (χ1n) is 6.34. The summed E-state index contributed by atoms with van der Waals surface area (Å²) in [5.74, 6) is 1.03. The molecule has 2 rings (SSSR count). The Kier molecular flexibility index (Phi) is 2.78. The number of carbonyl (C=O) groups is 1. The first-order valence-corrected chi connectivity index (χ1v) is 6.34. The second kappa shape index (κ2) is 3.80. The molecule has 15 heavy (non-hydrogen) atoms. The van der Waals surface area contributed by atoms with Gasteiger partial charge >= 0.3 is 0 Å². The van der Waals surface area contributed by atoms with Crippen LogP contribution in [-0.2, 0) is 4.79 Å². The molecule has 0 aromatic carbocycles. The van der Waals surface area contributed by atoms with Crippen LogP contribution >= 0.6 is 0 Å². The Bertz CT molecular complexity index is 253. The Labute approximate surface area is 93.0 Å². The van der Waals surface area contributed by atoms with Crippen molar-refractivity contribution in [3.8, 4) is 0 Å². The zero-order valence-corrected chi connectivity index (χ0v) is 10.3. The van der Waals surface area contributed by atoms with E-state index in [-0.39, 0.29) is 5.41 Å². The molecular formula is C13H23NO. The summed E-state index contributed by atoms with van der Waals surface area (Å²) < 4.78 is 0. The summed E-state index contributed by atoms with van der Waals surface area (Å²) in [6, 6.07) is 0.482. The van der Waals surface area contributed by atoms with Gasteiger partial charge in [-0.25, -0.2) is 0 Å². The highest BCUT2D eigenvalue weighted by Gasteiger charge is 2.50. The van der Waals surface area contributed by atoms with Crippen molar-refractivity contribution in [1.82, 2.24) is 4.90 Å². The van der Waals surface area contributed by atoms with Crippen molar-refractivity contribution in [2.24, 2.45) is 11.3 Å². The molecule has 2 nitrogen and oxygen atoms in total. The standard InChI is InChI=1S/C13H23NO/c1-10(2)11-9-13(12(15)14(11)3)7-5-4-6-8-13/h10-11H,4-9H2,1-3H3. The van der Waals surface area contributed by atoms with Gasteiger partial charge in [0, 0.05) is 13.1 Å². The third-order valence-corrected chi connectivity index (χ3v) is 4.45. The average Bonchev–Trinajstić information content (AvgIpc) is 2.46. The van der Waals surface area contributed by atoms with E-state index in [1.165, 1.54) is 19.3 Å². The van der Waals surface area contributed by atoms with E-state index in [9.17, 15) is 4.79 Å². The normalized spacial score (nSPS) is 30.5. The average molecular weight is 209 g/mol. The highest BCUT2D eigenvalue weighted by Crippen LogP contribution is 2.47. The molecule has 1 amide bonds. The summed E-state index contributed by atoms with van der Waals surface area (Å²) in [5.41, 5.74) is 0.0436. The fourth-order valence-electron chi connectivity index (χ4n) is 3.48. The van der Waals surface area contributed by atoms with Crippen LogP contribution in [0.5, 0.6) is 0 Å². The van der Waals surface area contributed by atoms with Crippen molar-refractivity contribution in [3.05, 3.63) is 0 Å². The van der Waals surface area contributed by atoms with Gasteiger partial charge in [-0.2, -0.15) is 0 Å². The lowest BCUT2D eigenvalue weighted by atomic mass is 9.71. The summed E-state index contributed by atoms with van der Waals surface area (Å²) in [6.45, 7) is 4.46. The molecule has 2 aliphatic rings. The maximum Gasteiger partial charge on any atom is 0.228 e. The molecule has 1 spiro atoms. The number of nitrogens with zero attached hydrogens (tertiary/aromatic N) is 1. The predicted octanol–water partition coefficient (Wildman–Crippen LogP) is 2.82. The van der Waals surface area contributed by atoms with E-state index in [4.69, 9.17) is 0 Å². The third kappa shape index (κ3) is 1.68. The van der Waals surface area contributed by atoms with E-state index >= 15 is 0 Å². The topological polar surface area (TPSA) is 20.3 Å². The summed E-state index contributed by atoms with van der Waals surface area (Å²) in [5, 5.41) is 0. The van der Waals surface area contributed by atoms with Gasteiger partial charge in [-0.1, -0.05) is 33.1 Å². The molecule has 2 fully saturated rings. The van der Waals surface area contributed by atoms with Gasteiger partial charge in [-0.05, 0) is 25.2 Å². The second-order valence-electron chi connectivity index (χ2n) is 5.77. The molecule has 1 saturated heterocycles. The first kappa shape index (κ1) is 11.0. The van der Waals surface area contributed by atoms with Gasteiger partial charge in [0.25, 0.3) is 0 Å². The summed E-state index contributed by atoms with van der Waals surface area (Å²) in [7, 11) is 2.00. The van der Waals surface area contributed by atoms with Crippen molar-refractivity contribution in [1.29, 1.82) is 0 Å². The lowest BCUT2D eigenvalue weighted by Crippen LogP contribution is -2.36. The molecule has 0 aromatic rings. The van der Waals surface area contributed by atoms with Gasteiger partial charge in [0.1, 0.15) is 0 Å². The molecule has 1 aliphatic heterocycles. The van der Waals surface area contributed by atoms with Gasteiger partial charge in [0.15, 0.2) is 0 Å². The van der Waals surface area contributed by atoms with Crippen molar-refractivity contribution in [3.63, 3.8) is 0 Å². The number of hydrogen-bond donors (Lipinski definition) is 0. The van der Waals surface area contributed by atoms with Gasteiger partial charge in [0.05, 0.1) is 5.41 Å². The van der Waals surface area contributed by atoms with Gasteiger partial charge in [-0.15, -0.1) is 0 Å². The number of carbonyl (C=O) groups excluding carboxylic acids is 1. The lowest BCUT2D eigenvalue weighted by Gasteiger charge is -2.30. The Balaban J connectivity index is 2.18. The van der Waals surface area contributed by atoms with Crippen LogP contribution in [0.2, 0.25) is 0 Å². The molecule has 1 aliphatic carbocycles. The van der Waals surface area contributed by atoms with E-state index in [0.717, 1.165) is 19.3 Å². The summed E-state index contributed by atoms with van der Waals surface area (Å²) in [6.07, 6.45) is 7.22. The van der Waals surface area contributed by atoms with Crippen molar-refractivity contribution in [2.45, 2.75) is 58.4 Å². The van der Waals surface area contributed by atoms with Gasteiger partial charge in [-0.3, -0.25) is 4.79 Å². The van der Waals surface area contributed by atoms with Gasteiger partial charge in [0.2, 0.25) is 5.91 Å². The van der Waals surface area contributed by atoms with Crippen LogP contribution in [0.15, 0.2) is 0 Å². The van der Waals surface area contributed by atoms with Crippen LogP contribution in [0, 0.1) is 11.3 Å². The van der Waals surface area contributed by atoms with E-state index in [0.29, 0.717) is 17.9 Å². The van der Waals surface area contributed by atoms with Crippen molar-refractivity contribution < 1.29 is 4.79 Å². The second-order valence-corrected chi connectivity index (χ2v) is 5.77. The Morgan fingerprint density at radius 2 is 1.87 bits per heavy atom. The fraction of sp³-hybridized carbons (Fsp3) is 0.923. The molecule has 86 valence electrons. The van der Waals surface area contributed by atoms with Crippen LogP contribution in [0.4, 0.5) is 0 Å². The maximum absolute atomic E-state index is 12.3. The SMILES string of the molecule is CC(C)C1CC2(CCCCC2)C(=O)N1C. The molecule has 0 aromatic heterocycles. The van der Waals surface area contributed by atoms with Crippen LogP contribution < -0.4 is 0 Å². The van der Waals surface area contributed by atoms with E-state index in [1.54, 1.807) is 0 Å². The number of rotatable bonds is 1. The van der Waals surface area contributed by atoms with Crippen molar-refractivity contribution in [2.75, 3.05) is 7.05 Å². The molecule has 1 heterocycles. The first-order chi connectivity index (χ1) is 7.07. The maximum atomic E-state index is 12.3. The van der Waals surface area contributed by atoms with Gasteiger partial charge < -0.3 is 4.90 Å². The number of amides is 1. The van der Waals surface area contributed by atoms with Crippen LogP contribution in [-0.4, -0.2) is 23.9 Å². The molecule has 0 bridgehead atoms. The van der Waals surface area contributed by atoms with Crippen LogP contribution in [0.3, 0.4) is 0 Å². The summed E-state index contributed by atoms with van der Waals surface area (Å²) in [4.78, 5) is 14.3. The zero-order valence-electron chi connectivity index (χ0n) is 10.3. The van der Waals surface area contributed by atoms with Crippen molar-refractivity contribution >= 4 is 5.91 Å². The van der Waals surface area contributed by atoms with Crippen LogP contribution in [0.1, 0.15) is 52.4 Å².